The highest BCUT2D eigenvalue weighted by Gasteiger charge is 2.27. The van der Waals surface area contributed by atoms with Crippen molar-refractivity contribution < 1.29 is 23.4 Å². The molecule has 1 aromatic heterocycles. The van der Waals surface area contributed by atoms with E-state index in [0.29, 0.717) is 0 Å². The van der Waals surface area contributed by atoms with Crippen molar-refractivity contribution in [2.45, 2.75) is 18.9 Å². The summed E-state index contributed by atoms with van der Waals surface area (Å²) < 4.78 is 25.9. The number of aromatic carboxylic acids is 1. The van der Waals surface area contributed by atoms with Gasteiger partial charge in [-0.2, -0.15) is 5.10 Å². The van der Waals surface area contributed by atoms with Gasteiger partial charge in [-0.1, -0.05) is 13.8 Å². The predicted molar refractivity (Wildman–Crippen MR) is 61.6 cm³/mol. The van der Waals surface area contributed by atoms with Gasteiger partial charge in [-0.3, -0.25) is 5.10 Å². The van der Waals surface area contributed by atoms with Crippen LogP contribution < -0.4 is 4.72 Å². The van der Waals surface area contributed by atoms with Gasteiger partial charge in [0.15, 0.2) is 5.03 Å². The molecule has 0 spiro atoms. The molecule has 1 aromatic rings. The Morgan fingerprint density at radius 2 is 2.17 bits per heavy atom. The lowest BCUT2D eigenvalue weighted by Gasteiger charge is -2.21. The number of hydrogen-bond donors (Lipinski definition) is 4. The molecule has 9 heteroatoms. The van der Waals surface area contributed by atoms with Gasteiger partial charge >= 0.3 is 5.97 Å². The standard InChI is InChI=1S/C9H15N3O5S/c1-9(2,5-13)4-11-18(16,17)7-6(8(14)15)3-10-12-7/h3,11,13H,4-5H2,1-2H3,(H,10,12)(H,14,15). The van der Waals surface area contributed by atoms with E-state index in [4.69, 9.17) is 10.2 Å². The van der Waals surface area contributed by atoms with Gasteiger partial charge in [0.05, 0.1) is 6.20 Å². The SMILES string of the molecule is CC(C)(CO)CNS(=O)(=O)c1[nH]ncc1C(=O)O. The van der Waals surface area contributed by atoms with Gasteiger partial charge in [0, 0.05) is 18.6 Å². The zero-order valence-corrected chi connectivity index (χ0v) is 10.8. The van der Waals surface area contributed by atoms with E-state index in [1.807, 2.05) is 0 Å². The Labute approximate surface area is 104 Å². The topological polar surface area (TPSA) is 132 Å². The summed E-state index contributed by atoms with van der Waals surface area (Å²) in [5.74, 6) is -1.38. The van der Waals surface area contributed by atoms with Crippen molar-refractivity contribution in [2.24, 2.45) is 5.41 Å². The van der Waals surface area contributed by atoms with E-state index in [9.17, 15) is 13.2 Å². The fraction of sp³-hybridized carbons (Fsp3) is 0.556. The number of aliphatic hydroxyl groups excluding tert-OH is 1. The monoisotopic (exact) mass is 277 g/mol. The highest BCUT2D eigenvalue weighted by Crippen LogP contribution is 2.15. The van der Waals surface area contributed by atoms with Crippen molar-refractivity contribution in [1.82, 2.24) is 14.9 Å². The van der Waals surface area contributed by atoms with E-state index in [0.717, 1.165) is 6.20 Å². The summed E-state index contributed by atoms with van der Waals surface area (Å²) in [5, 5.41) is 22.9. The zero-order chi connectivity index (χ0) is 14.0. The fourth-order valence-electron chi connectivity index (χ4n) is 1.05. The molecule has 8 nitrogen and oxygen atoms in total. The van der Waals surface area contributed by atoms with Crippen LogP contribution in [0.5, 0.6) is 0 Å². The summed E-state index contributed by atoms with van der Waals surface area (Å²) in [5.41, 5.74) is -1.07. The van der Waals surface area contributed by atoms with Crippen molar-refractivity contribution in [2.75, 3.05) is 13.2 Å². The minimum Gasteiger partial charge on any atom is -0.478 e. The zero-order valence-electron chi connectivity index (χ0n) is 9.97. The van der Waals surface area contributed by atoms with Crippen LogP contribution in [0.25, 0.3) is 0 Å². The Balaban J connectivity index is 2.94. The van der Waals surface area contributed by atoms with Crippen LogP contribution in [0.15, 0.2) is 11.2 Å². The largest absolute Gasteiger partial charge is 0.478 e. The molecular formula is C9H15N3O5S. The summed E-state index contributed by atoms with van der Waals surface area (Å²) in [6.07, 6.45) is 0.925. The summed E-state index contributed by atoms with van der Waals surface area (Å²) in [6.45, 7) is 3.11. The molecule has 0 aliphatic carbocycles. The van der Waals surface area contributed by atoms with Gasteiger partial charge in [0.25, 0.3) is 10.0 Å². The van der Waals surface area contributed by atoms with Crippen LogP contribution in [0, 0.1) is 5.41 Å². The first-order chi connectivity index (χ1) is 8.19. The maximum atomic E-state index is 11.9. The molecule has 0 aliphatic rings. The number of H-pyrrole nitrogens is 1. The van der Waals surface area contributed by atoms with E-state index in [1.54, 1.807) is 13.8 Å². The number of nitrogens with zero attached hydrogens (tertiary/aromatic N) is 1. The first-order valence-electron chi connectivity index (χ1n) is 5.07. The lowest BCUT2D eigenvalue weighted by molar-refractivity contribution is 0.0692. The fourth-order valence-corrected chi connectivity index (χ4v) is 2.38. The molecule has 0 bridgehead atoms. The Morgan fingerprint density at radius 1 is 1.56 bits per heavy atom. The third kappa shape index (κ3) is 3.28. The van der Waals surface area contributed by atoms with Crippen LogP contribution in [-0.2, 0) is 10.0 Å². The summed E-state index contributed by atoms with van der Waals surface area (Å²) >= 11 is 0. The molecule has 0 aliphatic heterocycles. The molecule has 18 heavy (non-hydrogen) atoms. The van der Waals surface area contributed by atoms with Gasteiger partial charge in [-0.15, -0.1) is 0 Å². The summed E-state index contributed by atoms with van der Waals surface area (Å²) in [6, 6.07) is 0. The molecule has 0 saturated heterocycles. The number of sulfonamides is 1. The number of carboxylic acids is 1. The van der Waals surface area contributed by atoms with Crippen LogP contribution in [0.3, 0.4) is 0 Å². The second-order valence-corrected chi connectivity index (χ2v) is 6.27. The second kappa shape index (κ2) is 5.04. The number of hydrogen-bond acceptors (Lipinski definition) is 5. The van der Waals surface area contributed by atoms with E-state index in [-0.39, 0.29) is 13.2 Å². The molecule has 0 amide bonds. The van der Waals surface area contributed by atoms with Gasteiger partial charge in [-0.25, -0.2) is 17.9 Å². The maximum absolute atomic E-state index is 11.9. The number of carboxylic acid groups (broad SMARTS) is 1. The van der Waals surface area contributed by atoms with Crippen molar-refractivity contribution in [3.05, 3.63) is 11.8 Å². The van der Waals surface area contributed by atoms with Crippen LogP contribution in [0.4, 0.5) is 0 Å². The average molecular weight is 277 g/mol. The van der Waals surface area contributed by atoms with Gasteiger partial charge in [0.2, 0.25) is 0 Å². The van der Waals surface area contributed by atoms with E-state index < -0.39 is 32.0 Å². The highest BCUT2D eigenvalue weighted by atomic mass is 32.2. The summed E-state index contributed by atoms with van der Waals surface area (Å²) in [4.78, 5) is 10.8. The van der Waals surface area contributed by atoms with Crippen molar-refractivity contribution in [3.8, 4) is 0 Å². The lowest BCUT2D eigenvalue weighted by Crippen LogP contribution is -2.36. The molecule has 4 N–H and O–H groups in total. The number of aromatic amines is 1. The third-order valence-electron chi connectivity index (χ3n) is 2.27. The van der Waals surface area contributed by atoms with Crippen LogP contribution >= 0.6 is 0 Å². The van der Waals surface area contributed by atoms with Crippen molar-refractivity contribution in [3.63, 3.8) is 0 Å². The van der Waals surface area contributed by atoms with E-state index in [2.05, 4.69) is 14.9 Å². The predicted octanol–water partition coefficient (Wildman–Crippen LogP) is -0.595. The van der Waals surface area contributed by atoms with Crippen LogP contribution in [-0.4, -0.2) is 47.9 Å². The normalized spacial score (nSPS) is 12.6. The highest BCUT2D eigenvalue weighted by molar-refractivity contribution is 7.89. The van der Waals surface area contributed by atoms with E-state index in [1.165, 1.54) is 0 Å². The Kier molecular flexibility index (Phi) is 4.09. The maximum Gasteiger partial charge on any atom is 0.340 e. The number of rotatable bonds is 6. The Bertz CT molecular complexity index is 534. The Hall–Kier alpha value is -1.45. The average Bonchev–Trinajstić information content (AvgIpc) is 2.76. The molecule has 1 rings (SSSR count). The van der Waals surface area contributed by atoms with Crippen molar-refractivity contribution in [1.29, 1.82) is 0 Å². The minimum atomic E-state index is -4.00. The van der Waals surface area contributed by atoms with E-state index >= 15 is 0 Å². The molecular weight excluding hydrogens is 262 g/mol. The molecule has 0 unspecified atom stereocenters. The summed E-state index contributed by atoms with van der Waals surface area (Å²) in [7, 11) is -4.00. The van der Waals surface area contributed by atoms with Crippen molar-refractivity contribution >= 4 is 16.0 Å². The molecule has 0 radical (unpaired) electrons. The first kappa shape index (κ1) is 14.6. The first-order valence-corrected chi connectivity index (χ1v) is 6.55. The second-order valence-electron chi connectivity index (χ2n) is 4.56. The quantitative estimate of drug-likeness (QED) is 0.549. The lowest BCUT2D eigenvalue weighted by atomic mass is 9.96. The number of aromatic nitrogens is 2. The molecule has 1 heterocycles. The smallest absolute Gasteiger partial charge is 0.340 e. The van der Waals surface area contributed by atoms with Gasteiger partial charge in [-0.05, 0) is 0 Å². The molecule has 102 valence electrons. The molecule has 0 aromatic carbocycles. The van der Waals surface area contributed by atoms with Crippen LogP contribution in [0.2, 0.25) is 0 Å². The molecule has 0 fully saturated rings. The molecule has 0 saturated carbocycles. The molecule has 0 atom stereocenters. The van der Waals surface area contributed by atoms with Gasteiger partial charge in [0.1, 0.15) is 5.56 Å². The number of carbonyl (C=O) groups is 1. The minimum absolute atomic E-state index is 0.0239. The van der Waals surface area contributed by atoms with Gasteiger partial charge < -0.3 is 10.2 Å². The third-order valence-corrected chi connectivity index (χ3v) is 3.65. The number of aliphatic hydroxyl groups is 1. The van der Waals surface area contributed by atoms with Crippen LogP contribution in [0.1, 0.15) is 24.2 Å². The number of nitrogens with one attached hydrogen (secondary N) is 2. The Morgan fingerprint density at radius 3 is 2.67 bits per heavy atom.